The third-order valence-electron chi connectivity index (χ3n) is 2.93. The molecule has 0 spiro atoms. The molecule has 1 heterocycles. The quantitative estimate of drug-likeness (QED) is 0.658. The van der Waals surface area contributed by atoms with Crippen LogP contribution in [0, 0.1) is 6.92 Å². The Morgan fingerprint density at radius 1 is 0.958 bits per heavy atom. The van der Waals surface area contributed by atoms with Crippen LogP contribution in [0.15, 0.2) is 79.4 Å². The van der Waals surface area contributed by atoms with Crippen molar-refractivity contribution in [3.8, 4) is 5.75 Å². The molecule has 2 aromatic rings. The van der Waals surface area contributed by atoms with Crippen molar-refractivity contribution in [2.24, 2.45) is 0 Å². The summed E-state index contributed by atoms with van der Waals surface area (Å²) in [6.45, 7) is 5.67. The smallest absolute Gasteiger partial charge is 0.250 e. The summed E-state index contributed by atoms with van der Waals surface area (Å²) in [5.74, 6) is -0.308. The standard InChI is InChI=1S/C9H10O.C7H8.C4H3NO2/c1-2-5-8-6-3-4-7-9(8)10;1-7-5-3-2-4-6-7;6-3-1-2-4(7)5-3/h2-4,6-7,10H,1,5H2;2-6H,1H3;1-2H,(H,5,6,7). The highest BCUT2D eigenvalue weighted by Gasteiger charge is 2.06. The Morgan fingerprint density at radius 2 is 1.50 bits per heavy atom. The van der Waals surface area contributed by atoms with Gasteiger partial charge >= 0.3 is 0 Å². The number of nitrogens with one attached hydrogen (secondary N) is 1. The van der Waals surface area contributed by atoms with E-state index in [1.165, 1.54) is 17.7 Å². The van der Waals surface area contributed by atoms with E-state index in [0.717, 1.165) is 12.0 Å². The van der Waals surface area contributed by atoms with Crippen molar-refractivity contribution < 1.29 is 14.7 Å². The molecule has 0 bridgehead atoms. The van der Waals surface area contributed by atoms with Gasteiger partial charge < -0.3 is 5.11 Å². The van der Waals surface area contributed by atoms with Gasteiger partial charge in [-0.05, 0) is 25.0 Å². The Morgan fingerprint density at radius 3 is 1.88 bits per heavy atom. The van der Waals surface area contributed by atoms with Crippen LogP contribution in [0.2, 0.25) is 0 Å². The van der Waals surface area contributed by atoms with Crippen LogP contribution in [-0.4, -0.2) is 16.9 Å². The number of hydrogen-bond acceptors (Lipinski definition) is 3. The molecule has 0 aromatic heterocycles. The van der Waals surface area contributed by atoms with Crippen molar-refractivity contribution in [1.29, 1.82) is 0 Å². The number of allylic oxidation sites excluding steroid dienone is 1. The van der Waals surface area contributed by atoms with Gasteiger partial charge in [0.25, 0.3) is 11.8 Å². The van der Waals surface area contributed by atoms with E-state index in [4.69, 9.17) is 0 Å². The van der Waals surface area contributed by atoms with E-state index in [1.807, 2.05) is 41.7 Å². The molecule has 0 radical (unpaired) electrons. The monoisotopic (exact) mass is 323 g/mol. The summed E-state index contributed by atoms with van der Waals surface area (Å²) in [4.78, 5) is 20.1. The largest absolute Gasteiger partial charge is 0.508 e. The van der Waals surface area contributed by atoms with Crippen LogP contribution in [0.5, 0.6) is 5.75 Å². The predicted octanol–water partition coefficient (Wildman–Crippen LogP) is 3.31. The van der Waals surface area contributed by atoms with E-state index >= 15 is 0 Å². The Balaban J connectivity index is 0.000000185. The molecule has 0 fully saturated rings. The van der Waals surface area contributed by atoms with Gasteiger partial charge in [-0.2, -0.15) is 0 Å². The molecule has 0 saturated carbocycles. The molecule has 4 nitrogen and oxygen atoms in total. The first kappa shape index (κ1) is 18.9. The average Bonchev–Trinajstić information content (AvgIpc) is 2.95. The normalized spacial score (nSPS) is 11.5. The van der Waals surface area contributed by atoms with Gasteiger partial charge in [0.05, 0.1) is 0 Å². The van der Waals surface area contributed by atoms with Crippen molar-refractivity contribution in [2.75, 3.05) is 0 Å². The molecule has 0 aliphatic carbocycles. The van der Waals surface area contributed by atoms with E-state index in [2.05, 4.69) is 25.6 Å². The third kappa shape index (κ3) is 7.75. The summed E-state index contributed by atoms with van der Waals surface area (Å²) in [6, 6.07) is 17.5. The van der Waals surface area contributed by atoms with Gasteiger partial charge in [-0.1, -0.05) is 60.2 Å². The maximum absolute atomic E-state index is 10.0. The Labute approximate surface area is 142 Å². The van der Waals surface area contributed by atoms with Crippen molar-refractivity contribution in [2.45, 2.75) is 13.3 Å². The fourth-order valence-electron chi connectivity index (χ4n) is 1.73. The number of carbonyl (C=O) groups excluding carboxylic acids is 2. The van der Waals surface area contributed by atoms with E-state index in [9.17, 15) is 14.7 Å². The first-order valence-electron chi connectivity index (χ1n) is 7.45. The predicted molar refractivity (Wildman–Crippen MR) is 95.5 cm³/mol. The van der Waals surface area contributed by atoms with Crippen LogP contribution >= 0.6 is 0 Å². The van der Waals surface area contributed by atoms with E-state index in [0.29, 0.717) is 5.75 Å². The average molecular weight is 323 g/mol. The Bertz CT molecular complexity index is 690. The van der Waals surface area contributed by atoms with Gasteiger partial charge in [0, 0.05) is 12.2 Å². The molecule has 124 valence electrons. The van der Waals surface area contributed by atoms with Gasteiger partial charge in [-0.25, -0.2) is 0 Å². The summed E-state index contributed by atoms with van der Waals surface area (Å²) in [5, 5.41) is 11.2. The number of rotatable bonds is 2. The van der Waals surface area contributed by atoms with Crippen LogP contribution in [0.4, 0.5) is 0 Å². The number of imide groups is 1. The highest BCUT2D eigenvalue weighted by atomic mass is 16.3. The Kier molecular flexibility index (Phi) is 8.32. The lowest BCUT2D eigenvalue weighted by Crippen LogP contribution is -2.19. The number of aryl methyl sites for hydroxylation is 1. The molecule has 3 rings (SSSR count). The summed E-state index contributed by atoms with van der Waals surface area (Å²) in [5.41, 5.74) is 2.25. The van der Waals surface area contributed by atoms with Crippen LogP contribution in [0.25, 0.3) is 0 Å². The number of carbonyl (C=O) groups is 2. The zero-order chi connectivity index (χ0) is 17.8. The molecule has 0 saturated heterocycles. The molecule has 2 amide bonds. The van der Waals surface area contributed by atoms with Gasteiger partial charge in [-0.15, -0.1) is 6.58 Å². The number of hydrogen-bond donors (Lipinski definition) is 2. The zero-order valence-corrected chi connectivity index (χ0v) is 13.6. The number of amides is 2. The van der Waals surface area contributed by atoms with Gasteiger partial charge in [0.1, 0.15) is 5.75 Å². The van der Waals surface area contributed by atoms with Crippen molar-refractivity contribution >= 4 is 11.8 Å². The maximum atomic E-state index is 10.0. The SMILES string of the molecule is C=CCc1ccccc1O.Cc1ccccc1.O=C1C=CC(=O)N1. The topological polar surface area (TPSA) is 66.4 Å². The second-order valence-electron chi connectivity index (χ2n) is 4.96. The number of benzene rings is 2. The Hall–Kier alpha value is -3.14. The fourth-order valence-corrected chi connectivity index (χ4v) is 1.73. The van der Waals surface area contributed by atoms with E-state index < -0.39 is 0 Å². The molecule has 2 aromatic carbocycles. The first-order valence-corrected chi connectivity index (χ1v) is 7.45. The molecule has 1 aliphatic rings. The molecule has 0 unspecified atom stereocenters. The summed E-state index contributed by atoms with van der Waals surface area (Å²) >= 11 is 0. The van der Waals surface area contributed by atoms with Gasteiger partial charge in [-0.3, -0.25) is 14.9 Å². The molecule has 0 atom stereocenters. The molecular formula is C20H21NO3. The number of aromatic hydroxyl groups is 1. The fraction of sp³-hybridized carbons (Fsp3) is 0.100. The maximum Gasteiger partial charge on any atom is 0.250 e. The minimum atomic E-state index is -0.329. The zero-order valence-electron chi connectivity index (χ0n) is 13.6. The summed E-state index contributed by atoms with van der Waals surface area (Å²) in [7, 11) is 0. The van der Waals surface area contributed by atoms with Crippen LogP contribution in [0.1, 0.15) is 11.1 Å². The minimum Gasteiger partial charge on any atom is -0.508 e. The van der Waals surface area contributed by atoms with Gasteiger partial charge in [0.15, 0.2) is 0 Å². The van der Waals surface area contributed by atoms with Crippen LogP contribution in [0.3, 0.4) is 0 Å². The van der Waals surface area contributed by atoms with E-state index in [1.54, 1.807) is 12.1 Å². The molecule has 1 aliphatic heterocycles. The number of para-hydroxylation sites is 1. The highest BCUT2D eigenvalue weighted by molar-refractivity contribution is 6.12. The van der Waals surface area contributed by atoms with E-state index in [-0.39, 0.29) is 11.8 Å². The number of phenols is 1. The third-order valence-corrected chi connectivity index (χ3v) is 2.93. The molecule has 4 heteroatoms. The minimum absolute atomic E-state index is 0.329. The lowest BCUT2D eigenvalue weighted by Gasteiger charge is -1.97. The lowest BCUT2D eigenvalue weighted by atomic mass is 10.1. The second kappa shape index (κ2) is 10.6. The first-order chi connectivity index (χ1) is 11.5. The van der Waals surface area contributed by atoms with Crippen molar-refractivity contribution in [1.82, 2.24) is 5.32 Å². The van der Waals surface area contributed by atoms with Crippen LogP contribution < -0.4 is 5.32 Å². The number of phenolic OH excluding ortho intramolecular Hbond substituents is 1. The van der Waals surface area contributed by atoms with Crippen molar-refractivity contribution in [3.05, 3.63) is 90.5 Å². The lowest BCUT2D eigenvalue weighted by molar-refractivity contribution is -0.123. The second-order valence-corrected chi connectivity index (χ2v) is 4.96. The molecule has 2 N–H and O–H groups in total. The van der Waals surface area contributed by atoms with Gasteiger partial charge in [0.2, 0.25) is 0 Å². The summed E-state index contributed by atoms with van der Waals surface area (Å²) < 4.78 is 0. The summed E-state index contributed by atoms with van der Waals surface area (Å²) in [6.07, 6.45) is 4.90. The molecule has 24 heavy (non-hydrogen) atoms. The molecular weight excluding hydrogens is 302 g/mol. The van der Waals surface area contributed by atoms with Crippen LogP contribution in [-0.2, 0) is 16.0 Å². The highest BCUT2D eigenvalue weighted by Crippen LogP contribution is 2.15. The van der Waals surface area contributed by atoms with Crippen molar-refractivity contribution in [3.63, 3.8) is 0 Å².